The molecule has 5 heteroatoms. The van der Waals surface area contributed by atoms with E-state index in [4.69, 9.17) is 14.9 Å². The van der Waals surface area contributed by atoms with E-state index >= 15 is 0 Å². The molecule has 1 aromatic heterocycles. The van der Waals surface area contributed by atoms with E-state index in [9.17, 15) is 9.18 Å². The number of halogens is 1. The van der Waals surface area contributed by atoms with Crippen LogP contribution in [-0.2, 0) is 9.53 Å². The van der Waals surface area contributed by atoms with Gasteiger partial charge in [-0.25, -0.2) is 4.39 Å². The smallest absolute Gasteiger partial charge is 0.313 e. The van der Waals surface area contributed by atoms with E-state index in [-0.39, 0.29) is 11.8 Å². The highest BCUT2D eigenvalue weighted by Gasteiger charge is 2.25. The Balaban J connectivity index is 2.41. The number of esters is 1. The second-order valence-corrected chi connectivity index (χ2v) is 4.21. The molecule has 102 valence electrons. The molecule has 2 aromatic rings. The minimum atomic E-state index is -0.475. The summed E-state index contributed by atoms with van der Waals surface area (Å²) < 4.78 is 23.4. The molecule has 2 rings (SSSR count). The zero-order valence-corrected chi connectivity index (χ0v) is 10.7. The molecule has 0 saturated carbocycles. The van der Waals surface area contributed by atoms with Crippen molar-refractivity contribution >= 4 is 16.9 Å². The van der Waals surface area contributed by atoms with Crippen molar-refractivity contribution in [2.24, 2.45) is 5.73 Å². The zero-order chi connectivity index (χ0) is 13.8. The summed E-state index contributed by atoms with van der Waals surface area (Å²) in [7, 11) is 0. The molecule has 19 heavy (non-hydrogen) atoms. The molecule has 0 amide bonds. The van der Waals surface area contributed by atoms with Gasteiger partial charge in [0.1, 0.15) is 11.4 Å². The van der Waals surface area contributed by atoms with Crippen LogP contribution in [0.4, 0.5) is 4.39 Å². The molecule has 0 radical (unpaired) electrons. The van der Waals surface area contributed by atoms with Crippen LogP contribution in [0.5, 0.6) is 0 Å². The van der Waals surface area contributed by atoms with Gasteiger partial charge in [0.05, 0.1) is 18.8 Å². The minimum absolute atomic E-state index is 0.310. The lowest BCUT2D eigenvalue weighted by Gasteiger charge is -2.13. The van der Waals surface area contributed by atoms with Crippen LogP contribution in [0.3, 0.4) is 0 Å². The number of carbonyl (C=O) groups excluding carboxylic acids is 1. The first kappa shape index (κ1) is 13.5. The number of ether oxygens (including phenoxy) is 1. The van der Waals surface area contributed by atoms with Gasteiger partial charge in [0.2, 0.25) is 0 Å². The molecule has 1 atom stereocenters. The van der Waals surface area contributed by atoms with Crippen LogP contribution in [-0.4, -0.2) is 19.1 Å². The van der Waals surface area contributed by atoms with E-state index < -0.39 is 5.92 Å². The Kier molecular flexibility index (Phi) is 4.16. The van der Waals surface area contributed by atoms with Gasteiger partial charge in [-0.1, -0.05) is 0 Å². The fourth-order valence-electron chi connectivity index (χ4n) is 2.10. The maximum atomic E-state index is 13.1. The quantitative estimate of drug-likeness (QED) is 0.844. The summed E-state index contributed by atoms with van der Waals surface area (Å²) in [4.78, 5) is 11.9. The van der Waals surface area contributed by atoms with Crippen LogP contribution in [0.2, 0.25) is 0 Å². The van der Waals surface area contributed by atoms with Crippen molar-refractivity contribution in [3.8, 4) is 0 Å². The Morgan fingerprint density at radius 2 is 2.32 bits per heavy atom. The van der Waals surface area contributed by atoms with Gasteiger partial charge in [0, 0.05) is 17.0 Å². The Bertz CT molecular complexity index is 579. The topological polar surface area (TPSA) is 65.5 Å². The lowest BCUT2D eigenvalue weighted by atomic mass is 9.95. The number of fused-ring (bicyclic) bond motifs is 1. The van der Waals surface area contributed by atoms with Crippen LogP contribution in [0.1, 0.15) is 24.8 Å². The first-order valence-corrected chi connectivity index (χ1v) is 6.20. The number of hydrogen-bond donors (Lipinski definition) is 1. The zero-order valence-electron chi connectivity index (χ0n) is 10.7. The van der Waals surface area contributed by atoms with Crippen molar-refractivity contribution < 1.29 is 18.3 Å². The van der Waals surface area contributed by atoms with Crippen LogP contribution in [0.25, 0.3) is 11.0 Å². The first-order chi connectivity index (χ1) is 9.17. The molecule has 1 unspecified atom stereocenters. The van der Waals surface area contributed by atoms with Crippen LogP contribution >= 0.6 is 0 Å². The van der Waals surface area contributed by atoms with E-state index in [2.05, 4.69) is 0 Å². The summed E-state index contributed by atoms with van der Waals surface area (Å²) >= 11 is 0. The Labute approximate surface area is 110 Å². The molecule has 0 spiro atoms. The lowest BCUT2D eigenvalue weighted by Crippen LogP contribution is -2.19. The third-order valence-corrected chi connectivity index (χ3v) is 2.97. The molecular weight excluding hydrogens is 249 g/mol. The number of nitrogens with two attached hydrogens (primary N) is 1. The van der Waals surface area contributed by atoms with E-state index in [1.807, 2.05) is 0 Å². The SMILES string of the molecule is CCOC(=O)C(CCN)c1coc2cc(F)ccc12. The third kappa shape index (κ3) is 2.76. The van der Waals surface area contributed by atoms with Gasteiger partial charge in [0.25, 0.3) is 0 Å². The maximum Gasteiger partial charge on any atom is 0.313 e. The number of carbonyl (C=O) groups is 1. The lowest BCUT2D eigenvalue weighted by molar-refractivity contribution is -0.145. The van der Waals surface area contributed by atoms with Crippen LogP contribution < -0.4 is 5.73 Å². The largest absolute Gasteiger partial charge is 0.466 e. The summed E-state index contributed by atoms with van der Waals surface area (Å²) in [6, 6.07) is 4.24. The predicted molar refractivity (Wildman–Crippen MR) is 69.2 cm³/mol. The molecule has 0 aliphatic carbocycles. The molecular formula is C14H16FNO3. The third-order valence-electron chi connectivity index (χ3n) is 2.97. The van der Waals surface area contributed by atoms with Crippen molar-refractivity contribution in [3.05, 3.63) is 35.8 Å². The summed E-state index contributed by atoms with van der Waals surface area (Å²) in [5.74, 6) is -1.18. The Morgan fingerprint density at radius 3 is 3.00 bits per heavy atom. The fourth-order valence-corrected chi connectivity index (χ4v) is 2.10. The molecule has 0 saturated heterocycles. The van der Waals surface area contributed by atoms with Gasteiger partial charge in [0.15, 0.2) is 0 Å². The van der Waals surface area contributed by atoms with E-state index in [0.717, 1.165) is 0 Å². The predicted octanol–water partition coefficient (Wildman–Crippen LogP) is 2.57. The fraction of sp³-hybridized carbons (Fsp3) is 0.357. The van der Waals surface area contributed by atoms with Gasteiger partial charge in [-0.3, -0.25) is 4.79 Å². The summed E-state index contributed by atoms with van der Waals surface area (Å²) in [5.41, 5.74) is 6.65. The van der Waals surface area contributed by atoms with Gasteiger partial charge in [-0.05, 0) is 32.0 Å². The molecule has 0 bridgehead atoms. The van der Waals surface area contributed by atoms with Gasteiger partial charge in [-0.2, -0.15) is 0 Å². The number of furan rings is 1. The van der Waals surface area contributed by atoms with Gasteiger partial charge in [-0.15, -0.1) is 0 Å². The molecule has 0 fully saturated rings. The van der Waals surface area contributed by atoms with Crippen molar-refractivity contribution in [3.63, 3.8) is 0 Å². The van der Waals surface area contributed by atoms with Crippen molar-refractivity contribution in [2.75, 3.05) is 13.2 Å². The highest BCUT2D eigenvalue weighted by molar-refractivity contribution is 5.88. The van der Waals surface area contributed by atoms with Gasteiger partial charge >= 0.3 is 5.97 Å². The van der Waals surface area contributed by atoms with Crippen molar-refractivity contribution in [1.29, 1.82) is 0 Å². The summed E-state index contributed by atoms with van der Waals surface area (Å²) in [6.07, 6.45) is 1.94. The Morgan fingerprint density at radius 1 is 1.53 bits per heavy atom. The average molecular weight is 265 g/mol. The van der Waals surface area contributed by atoms with Gasteiger partial charge < -0.3 is 14.9 Å². The minimum Gasteiger partial charge on any atom is -0.466 e. The number of benzene rings is 1. The second-order valence-electron chi connectivity index (χ2n) is 4.21. The normalized spacial score (nSPS) is 12.6. The summed E-state index contributed by atoms with van der Waals surface area (Å²) in [5, 5.41) is 0.716. The molecule has 4 nitrogen and oxygen atoms in total. The number of rotatable bonds is 5. The van der Waals surface area contributed by atoms with E-state index in [1.54, 1.807) is 13.0 Å². The Hall–Kier alpha value is -1.88. The second kappa shape index (κ2) is 5.84. The average Bonchev–Trinajstić information content (AvgIpc) is 2.78. The molecule has 1 aromatic carbocycles. The molecule has 2 N–H and O–H groups in total. The van der Waals surface area contributed by atoms with E-state index in [0.29, 0.717) is 36.1 Å². The first-order valence-electron chi connectivity index (χ1n) is 6.20. The summed E-state index contributed by atoms with van der Waals surface area (Å²) in [6.45, 7) is 2.42. The molecule has 0 aliphatic heterocycles. The van der Waals surface area contributed by atoms with Crippen molar-refractivity contribution in [1.82, 2.24) is 0 Å². The highest BCUT2D eigenvalue weighted by Crippen LogP contribution is 2.31. The number of hydrogen-bond acceptors (Lipinski definition) is 4. The highest BCUT2D eigenvalue weighted by atomic mass is 19.1. The van der Waals surface area contributed by atoms with Crippen LogP contribution in [0, 0.1) is 5.82 Å². The molecule has 1 heterocycles. The standard InChI is InChI=1S/C14H16FNO3/c1-2-18-14(17)11(5-6-16)12-8-19-13-7-9(15)3-4-10(12)13/h3-4,7-8,11H,2,5-6,16H2,1H3. The molecule has 0 aliphatic rings. The van der Waals surface area contributed by atoms with Crippen LogP contribution in [0.15, 0.2) is 28.9 Å². The monoisotopic (exact) mass is 265 g/mol. The van der Waals surface area contributed by atoms with Crippen molar-refractivity contribution in [2.45, 2.75) is 19.3 Å². The van der Waals surface area contributed by atoms with E-state index in [1.165, 1.54) is 18.4 Å². The maximum absolute atomic E-state index is 13.1.